The summed E-state index contributed by atoms with van der Waals surface area (Å²) in [5, 5.41) is 14.2. The van der Waals surface area contributed by atoms with Crippen molar-refractivity contribution in [2.24, 2.45) is 7.05 Å². The molecular formula is C21H23N7O2S. The number of ether oxygens (including phenoxy) is 1. The molecule has 3 N–H and O–H groups in total. The van der Waals surface area contributed by atoms with E-state index in [1.54, 1.807) is 32.4 Å². The van der Waals surface area contributed by atoms with Gasteiger partial charge < -0.3 is 10.5 Å². The summed E-state index contributed by atoms with van der Waals surface area (Å²) in [6.45, 7) is 3.86. The molecule has 3 heterocycles. The van der Waals surface area contributed by atoms with Crippen molar-refractivity contribution in [3.63, 3.8) is 0 Å². The average molecular weight is 438 g/mol. The molecule has 0 aliphatic carbocycles. The Morgan fingerprint density at radius 1 is 1.35 bits per heavy atom. The third-order valence-electron chi connectivity index (χ3n) is 5.41. The van der Waals surface area contributed by atoms with Crippen molar-refractivity contribution in [3.05, 3.63) is 53.0 Å². The van der Waals surface area contributed by atoms with Crippen LogP contribution in [0.4, 0.5) is 5.82 Å². The number of nitrogens with zero attached hydrogens (tertiary/aromatic N) is 5. The van der Waals surface area contributed by atoms with E-state index < -0.39 is 16.0 Å². The van der Waals surface area contributed by atoms with Crippen LogP contribution < -0.4 is 10.5 Å². The van der Waals surface area contributed by atoms with Gasteiger partial charge in [0.2, 0.25) is 0 Å². The second-order valence-corrected chi connectivity index (χ2v) is 9.74. The van der Waals surface area contributed by atoms with E-state index in [0.29, 0.717) is 38.7 Å². The minimum atomic E-state index is -3.37. The lowest BCUT2D eigenvalue weighted by molar-refractivity contribution is 0.224. The zero-order chi connectivity index (χ0) is 22.5. The van der Waals surface area contributed by atoms with Gasteiger partial charge in [-0.3, -0.25) is 4.68 Å². The number of benzene rings is 1. The minimum Gasteiger partial charge on any atom is -0.482 e. The van der Waals surface area contributed by atoms with Gasteiger partial charge in [0.05, 0.1) is 17.1 Å². The van der Waals surface area contributed by atoms with Gasteiger partial charge in [-0.15, -0.1) is 0 Å². The van der Waals surface area contributed by atoms with Crippen LogP contribution in [0.2, 0.25) is 0 Å². The second kappa shape index (κ2) is 7.37. The SMILES string of the molecule is Cc1ccc2c(c1)[C@@H](C)Oc1cc(cnc1N)-c1c(nn(C)c1C#N)CN(C)S2(=N)=O. The summed E-state index contributed by atoms with van der Waals surface area (Å²) in [6.07, 6.45) is 1.04. The molecule has 0 amide bonds. The van der Waals surface area contributed by atoms with Crippen LogP contribution in [0, 0.1) is 23.0 Å². The van der Waals surface area contributed by atoms with Gasteiger partial charge in [0.1, 0.15) is 27.8 Å². The Kier molecular flexibility index (Phi) is 4.95. The molecule has 4 rings (SSSR count). The van der Waals surface area contributed by atoms with Gasteiger partial charge in [0, 0.05) is 37.0 Å². The van der Waals surface area contributed by atoms with E-state index in [4.69, 9.17) is 15.3 Å². The van der Waals surface area contributed by atoms with E-state index in [0.717, 1.165) is 5.56 Å². The fourth-order valence-electron chi connectivity index (χ4n) is 3.77. The van der Waals surface area contributed by atoms with Crippen LogP contribution in [0.3, 0.4) is 0 Å². The smallest absolute Gasteiger partial charge is 0.166 e. The van der Waals surface area contributed by atoms with Gasteiger partial charge in [-0.1, -0.05) is 17.7 Å². The summed E-state index contributed by atoms with van der Waals surface area (Å²) >= 11 is 0. The highest BCUT2D eigenvalue weighted by atomic mass is 32.2. The van der Waals surface area contributed by atoms with E-state index in [1.165, 1.54) is 8.99 Å². The zero-order valence-electron chi connectivity index (χ0n) is 17.7. The van der Waals surface area contributed by atoms with E-state index >= 15 is 0 Å². The molecule has 31 heavy (non-hydrogen) atoms. The highest BCUT2D eigenvalue weighted by Crippen LogP contribution is 2.37. The molecule has 2 bridgehead atoms. The first kappa shape index (κ1) is 20.8. The standard InChI is InChI=1S/C21H23N7O2S/c1-12-5-6-19-15(7-12)13(2)30-18-8-14(10-25-21(18)23)20-16(11-27(3)31(19,24)29)26-28(4)17(20)9-22/h5-8,10,13,24H,11H2,1-4H3,(H2,23,25)/t13-,31?/m1/s1. The van der Waals surface area contributed by atoms with Crippen LogP contribution in [-0.2, 0) is 23.5 Å². The maximum absolute atomic E-state index is 13.7. The van der Waals surface area contributed by atoms with Crippen molar-refractivity contribution in [2.75, 3.05) is 12.8 Å². The molecule has 0 saturated heterocycles. The number of aryl methyl sites for hydroxylation is 2. The van der Waals surface area contributed by atoms with Gasteiger partial charge in [-0.2, -0.15) is 10.4 Å². The summed E-state index contributed by atoms with van der Waals surface area (Å²) in [4.78, 5) is 4.64. The molecule has 0 radical (unpaired) electrons. The number of anilines is 1. The number of nitrogens with two attached hydrogens (primary N) is 1. The number of hydrogen-bond donors (Lipinski definition) is 2. The van der Waals surface area contributed by atoms with Crippen LogP contribution in [0.15, 0.2) is 35.4 Å². The molecule has 2 atom stereocenters. The molecule has 160 valence electrons. The summed E-state index contributed by atoms with van der Waals surface area (Å²) in [7, 11) is -0.0783. The molecule has 1 aliphatic heterocycles. The van der Waals surface area contributed by atoms with Gasteiger partial charge in [-0.05, 0) is 26.0 Å². The molecular weight excluding hydrogens is 414 g/mol. The summed E-state index contributed by atoms with van der Waals surface area (Å²) < 4.78 is 31.5. The third kappa shape index (κ3) is 3.41. The average Bonchev–Trinajstić information content (AvgIpc) is 3.03. The van der Waals surface area contributed by atoms with E-state index in [-0.39, 0.29) is 12.4 Å². The predicted octanol–water partition coefficient (Wildman–Crippen LogP) is 3.15. The van der Waals surface area contributed by atoms with Crippen molar-refractivity contribution in [1.29, 1.82) is 10.0 Å². The fraction of sp³-hybridized carbons (Fsp3) is 0.286. The molecule has 0 saturated carbocycles. The molecule has 10 heteroatoms. The van der Waals surface area contributed by atoms with E-state index in [9.17, 15) is 9.47 Å². The molecule has 0 fully saturated rings. The number of rotatable bonds is 0. The Morgan fingerprint density at radius 2 is 2.10 bits per heavy atom. The number of nitriles is 1. The molecule has 1 aliphatic rings. The Labute approximate surface area is 181 Å². The van der Waals surface area contributed by atoms with Crippen molar-refractivity contribution in [1.82, 2.24) is 19.1 Å². The number of nitrogen functional groups attached to an aromatic ring is 1. The third-order valence-corrected chi connectivity index (χ3v) is 7.39. The number of pyridine rings is 1. The molecule has 9 nitrogen and oxygen atoms in total. The maximum atomic E-state index is 13.7. The summed E-state index contributed by atoms with van der Waals surface area (Å²) in [6, 6.07) is 9.33. The quantitative estimate of drug-likeness (QED) is 0.555. The van der Waals surface area contributed by atoms with E-state index in [1.807, 2.05) is 26.0 Å². The highest BCUT2D eigenvalue weighted by molar-refractivity contribution is 7.90. The van der Waals surface area contributed by atoms with Crippen molar-refractivity contribution in [3.8, 4) is 22.9 Å². The largest absolute Gasteiger partial charge is 0.482 e. The fourth-order valence-corrected chi connectivity index (χ4v) is 5.21. The maximum Gasteiger partial charge on any atom is 0.166 e. The number of nitrogens with one attached hydrogen (secondary N) is 1. The predicted molar refractivity (Wildman–Crippen MR) is 116 cm³/mol. The normalized spacial score (nSPS) is 21.1. The first-order valence-electron chi connectivity index (χ1n) is 9.62. The number of aromatic nitrogens is 3. The molecule has 1 unspecified atom stereocenters. The lowest BCUT2D eigenvalue weighted by atomic mass is 10.0. The lowest BCUT2D eigenvalue weighted by Crippen LogP contribution is -2.27. The van der Waals surface area contributed by atoms with Crippen LogP contribution in [0.1, 0.15) is 35.5 Å². The van der Waals surface area contributed by atoms with Crippen LogP contribution >= 0.6 is 0 Å². The first-order chi connectivity index (χ1) is 14.6. The Balaban J connectivity index is 2.03. The monoisotopic (exact) mass is 437 g/mol. The molecule has 3 aromatic rings. The van der Waals surface area contributed by atoms with Crippen molar-refractivity contribution < 1.29 is 8.95 Å². The van der Waals surface area contributed by atoms with Gasteiger partial charge >= 0.3 is 0 Å². The van der Waals surface area contributed by atoms with Crippen molar-refractivity contribution in [2.45, 2.75) is 31.4 Å². The van der Waals surface area contributed by atoms with Crippen LogP contribution in [-0.4, -0.2) is 30.3 Å². The van der Waals surface area contributed by atoms with Crippen molar-refractivity contribution >= 4 is 15.7 Å². The van der Waals surface area contributed by atoms with E-state index in [2.05, 4.69) is 16.2 Å². The summed E-state index contributed by atoms with van der Waals surface area (Å²) in [5.41, 5.74) is 9.71. The molecule has 2 aromatic heterocycles. The molecule has 1 aromatic carbocycles. The van der Waals surface area contributed by atoms with Gasteiger partial charge in [0.15, 0.2) is 11.6 Å². The number of hydrogen-bond acceptors (Lipinski definition) is 7. The van der Waals surface area contributed by atoms with Gasteiger partial charge in [0.25, 0.3) is 0 Å². The Bertz CT molecular complexity index is 1340. The lowest BCUT2D eigenvalue weighted by Gasteiger charge is -2.26. The second-order valence-electron chi connectivity index (χ2n) is 7.63. The summed E-state index contributed by atoms with van der Waals surface area (Å²) in [5.74, 6) is 0.552. The topological polar surface area (TPSA) is 134 Å². The van der Waals surface area contributed by atoms with Crippen LogP contribution in [0.5, 0.6) is 5.75 Å². The van der Waals surface area contributed by atoms with Crippen LogP contribution in [0.25, 0.3) is 11.1 Å². The molecule has 0 spiro atoms. The van der Waals surface area contributed by atoms with Gasteiger partial charge in [-0.25, -0.2) is 18.3 Å². The minimum absolute atomic E-state index is 0.107. The number of fused-ring (bicyclic) bond motifs is 5. The Morgan fingerprint density at radius 3 is 2.81 bits per heavy atom. The Hall–Kier alpha value is -3.42. The first-order valence-corrected chi connectivity index (χ1v) is 11.1. The highest BCUT2D eigenvalue weighted by Gasteiger charge is 2.28. The zero-order valence-corrected chi connectivity index (χ0v) is 18.5.